The van der Waals surface area contributed by atoms with E-state index in [1.807, 2.05) is 49.4 Å². The van der Waals surface area contributed by atoms with Crippen molar-refractivity contribution in [3.05, 3.63) is 52.5 Å². The molecule has 2 aromatic carbocycles. The van der Waals surface area contributed by atoms with Crippen LogP contribution < -0.4 is 10.6 Å². The Morgan fingerprint density at radius 2 is 2.09 bits per heavy atom. The molecule has 1 heterocycles. The van der Waals surface area contributed by atoms with E-state index in [2.05, 4.69) is 36.5 Å². The van der Waals surface area contributed by atoms with E-state index < -0.39 is 0 Å². The number of H-pyrrole nitrogens is 1. The summed E-state index contributed by atoms with van der Waals surface area (Å²) in [5.74, 6) is 0.646. The maximum absolute atomic E-state index is 12.0. The molecule has 0 fully saturated rings. The van der Waals surface area contributed by atoms with Gasteiger partial charge in [0.25, 0.3) is 0 Å². The first-order chi connectivity index (χ1) is 11.1. The first-order valence-corrected chi connectivity index (χ1v) is 8.16. The van der Waals surface area contributed by atoms with Crippen LogP contribution in [0.5, 0.6) is 0 Å². The normalized spacial score (nSPS) is 10.7. The van der Waals surface area contributed by atoms with Gasteiger partial charge < -0.3 is 15.6 Å². The molecule has 0 aliphatic heterocycles. The van der Waals surface area contributed by atoms with Crippen molar-refractivity contribution in [2.24, 2.45) is 0 Å². The number of anilines is 2. The Balaban J connectivity index is 1.53. The van der Waals surface area contributed by atoms with Gasteiger partial charge in [-0.05, 0) is 36.8 Å². The van der Waals surface area contributed by atoms with Crippen LogP contribution in [0.3, 0.4) is 0 Å². The number of carbonyl (C=O) groups excluding carboxylic acids is 1. The number of nitrogens with one attached hydrogen (secondary N) is 3. The summed E-state index contributed by atoms with van der Waals surface area (Å²) < 4.78 is 0.943. The van der Waals surface area contributed by atoms with Gasteiger partial charge in [-0.3, -0.25) is 4.79 Å². The average Bonchev–Trinajstić information content (AvgIpc) is 2.93. The zero-order chi connectivity index (χ0) is 16.2. The molecule has 118 valence electrons. The second-order valence-electron chi connectivity index (χ2n) is 5.29. The van der Waals surface area contributed by atoms with Gasteiger partial charge in [-0.2, -0.15) is 0 Å². The van der Waals surface area contributed by atoms with E-state index in [0.717, 1.165) is 26.8 Å². The molecule has 0 saturated heterocycles. The van der Waals surface area contributed by atoms with Crippen molar-refractivity contribution in [2.45, 2.75) is 13.3 Å². The molecular weight excluding hydrogens is 356 g/mol. The number of aryl methyl sites for hydroxylation is 1. The number of para-hydroxylation sites is 2. The molecule has 23 heavy (non-hydrogen) atoms. The number of aromatic nitrogens is 2. The number of aromatic amines is 1. The molecule has 0 aliphatic rings. The maximum atomic E-state index is 12.0. The van der Waals surface area contributed by atoms with Crippen molar-refractivity contribution in [1.29, 1.82) is 0 Å². The molecule has 5 nitrogen and oxygen atoms in total. The maximum Gasteiger partial charge on any atom is 0.226 e. The highest BCUT2D eigenvalue weighted by Crippen LogP contribution is 2.20. The monoisotopic (exact) mass is 372 g/mol. The zero-order valence-electron chi connectivity index (χ0n) is 12.7. The molecule has 0 spiro atoms. The van der Waals surface area contributed by atoms with Crippen molar-refractivity contribution in [3.8, 4) is 0 Å². The Morgan fingerprint density at radius 3 is 2.91 bits per heavy atom. The second kappa shape index (κ2) is 6.83. The minimum absolute atomic E-state index is 0.0326. The molecule has 0 bridgehead atoms. The first kappa shape index (κ1) is 15.6. The number of nitrogens with zero attached hydrogens (tertiary/aromatic N) is 1. The Bertz CT molecular complexity index is 810. The van der Waals surface area contributed by atoms with Crippen LogP contribution in [0.2, 0.25) is 0 Å². The van der Waals surface area contributed by atoms with Gasteiger partial charge in [-0.25, -0.2) is 4.98 Å². The molecule has 0 saturated carbocycles. The lowest BCUT2D eigenvalue weighted by atomic mass is 10.2. The molecular formula is C17H17BrN4O. The van der Waals surface area contributed by atoms with Crippen LogP contribution >= 0.6 is 15.9 Å². The molecule has 0 unspecified atom stereocenters. The quantitative estimate of drug-likeness (QED) is 0.631. The molecule has 0 aliphatic carbocycles. The first-order valence-electron chi connectivity index (χ1n) is 7.36. The predicted molar refractivity (Wildman–Crippen MR) is 96.7 cm³/mol. The third-order valence-corrected chi connectivity index (χ3v) is 4.00. The van der Waals surface area contributed by atoms with Gasteiger partial charge in [0.1, 0.15) is 0 Å². The minimum Gasteiger partial charge on any atom is -0.355 e. The smallest absolute Gasteiger partial charge is 0.226 e. The predicted octanol–water partition coefficient (Wildman–Crippen LogP) is 4.07. The van der Waals surface area contributed by atoms with Crippen molar-refractivity contribution >= 4 is 44.5 Å². The fourth-order valence-electron chi connectivity index (χ4n) is 2.27. The largest absolute Gasteiger partial charge is 0.355 e. The van der Waals surface area contributed by atoms with Gasteiger partial charge in [0, 0.05) is 23.1 Å². The highest BCUT2D eigenvalue weighted by molar-refractivity contribution is 9.10. The topological polar surface area (TPSA) is 69.8 Å². The Labute approximate surface area is 142 Å². The van der Waals surface area contributed by atoms with Gasteiger partial charge in [0.15, 0.2) is 0 Å². The van der Waals surface area contributed by atoms with Crippen LogP contribution in [0.15, 0.2) is 46.9 Å². The summed E-state index contributed by atoms with van der Waals surface area (Å²) in [7, 11) is 0. The molecule has 0 atom stereocenters. The SMILES string of the molecule is Cc1ccc(Br)cc1NC(=O)CCNc1nc2ccccc2[nH]1. The number of amides is 1. The van der Waals surface area contributed by atoms with Crippen LogP contribution in [0.25, 0.3) is 11.0 Å². The number of carbonyl (C=O) groups is 1. The van der Waals surface area contributed by atoms with E-state index in [1.165, 1.54) is 0 Å². The standard InChI is InChI=1S/C17H17BrN4O/c1-11-6-7-12(18)10-15(11)20-16(23)8-9-19-17-21-13-4-2-3-5-14(13)22-17/h2-7,10H,8-9H2,1H3,(H,20,23)(H2,19,21,22). The molecule has 3 rings (SSSR count). The van der Waals surface area contributed by atoms with Gasteiger partial charge in [0.2, 0.25) is 11.9 Å². The van der Waals surface area contributed by atoms with Crippen LogP contribution in [-0.4, -0.2) is 22.4 Å². The number of fused-ring (bicyclic) bond motifs is 1. The fourth-order valence-corrected chi connectivity index (χ4v) is 2.63. The number of rotatable bonds is 5. The highest BCUT2D eigenvalue weighted by Gasteiger charge is 2.06. The number of hydrogen-bond donors (Lipinski definition) is 3. The van der Waals surface area contributed by atoms with Crippen molar-refractivity contribution in [1.82, 2.24) is 9.97 Å². The van der Waals surface area contributed by atoms with Crippen molar-refractivity contribution in [2.75, 3.05) is 17.2 Å². The van der Waals surface area contributed by atoms with Gasteiger partial charge in [0.05, 0.1) is 11.0 Å². The number of benzene rings is 2. The van der Waals surface area contributed by atoms with Crippen LogP contribution in [0, 0.1) is 6.92 Å². The third kappa shape index (κ3) is 3.90. The third-order valence-electron chi connectivity index (χ3n) is 3.51. The Morgan fingerprint density at radius 1 is 1.26 bits per heavy atom. The van der Waals surface area contributed by atoms with Gasteiger partial charge in [-0.15, -0.1) is 0 Å². The minimum atomic E-state index is -0.0326. The van der Waals surface area contributed by atoms with E-state index >= 15 is 0 Å². The Hall–Kier alpha value is -2.34. The Kier molecular flexibility index (Phi) is 4.62. The molecule has 3 aromatic rings. The number of halogens is 1. The van der Waals surface area contributed by atoms with Crippen molar-refractivity contribution < 1.29 is 4.79 Å². The lowest BCUT2D eigenvalue weighted by molar-refractivity contribution is -0.115. The van der Waals surface area contributed by atoms with Crippen LogP contribution in [0.1, 0.15) is 12.0 Å². The summed E-state index contributed by atoms with van der Waals surface area (Å²) in [5.41, 5.74) is 3.74. The number of hydrogen-bond acceptors (Lipinski definition) is 3. The molecule has 1 amide bonds. The molecule has 1 aromatic heterocycles. The van der Waals surface area contributed by atoms with E-state index in [4.69, 9.17) is 0 Å². The lowest BCUT2D eigenvalue weighted by Gasteiger charge is -2.09. The highest BCUT2D eigenvalue weighted by atomic mass is 79.9. The van der Waals surface area contributed by atoms with E-state index in [0.29, 0.717) is 18.9 Å². The summed E-state index contributed by atoms with van der Waals surface area (Å²) in [6.07, 6.45) is 0.364. The van der Waals surface area contributed by atoms with Gasteiger partial charge >= 0.3 is 0 Å². The summed E-state index contributed by atoms with van der Waals surface area (Å²) in [6.45, 7) is 2.48. The molecule has 3 N–H and O–H groups in total. The van der Waals surface area contributed by atoms with E-state index in [9.17, 15) is 4.79 Å². The van der Waals surface area contributed by atoms with E-state index in [1.54, 1.807) is 0 Å². The second-order valence-corrected chi connectivity index (χ2v) is 6.20. The lowest BCUT2D eigenvalue weighted by Crippen LogP contribution is -2.17. The molecule has 0 radical (unpaired) electrons. The summed E-state index contributed by atoms with van der Waals surface area (Å²) in [4.78, 5) is 19.6. The summed E-state index contributed by atoms with van der Waals surface area (Å²) in [5, 5.41) is 6.06. The fraction of sp³-hybridized carbons (Fsp3) is 0.176. The number of imidazole rings is 1. The van der Waals surface area contributed by atoms with Crippen LogP contribution in [0.4, 0.5) is 11.6 Å². The molecule has 6 heteroatoms. The van der Waals surface area contributed by atoms with Crippen LogP contribution in [-0.2, 0) is 4.79 Å². The van der Waals surface area contributed by atoms with E-state index in [-0.39, 0.29) is 5.91 Å². The average molecular weight is 373 g/mol. The summed E-state index contributed by atoms with van der Waals surface area (Å²) >= 11 is 3.41. The van der Waals surface area contributed by atoms with Crippen molar-refractivity contribution in [3.63, 3.8) is 0 Å². The summed E-state index contributed by atoms with van der Waals surface area (Å²) in [6, 6.07) is 13.6. The van der Waals surface area contributed by atoms with Gasteiger partial charge in [-0.1, -0.05) is 34.1 Å². The zero-order valence-corrected chi connectivity index (χ0v) is 14.3.